The van der Waals surface area contributed by atoms with E-state index in [-0.39, 0.29) is 0 Å². The molecule has 0 spiro atoms. The third-order valence-electron chi connectivity index (χ3n) is 3.32. The van der Waals surface area contributed by atoms with Crippen LogP contribution < -0.4 is 5.32 Å². The van der Waals surface area contributed by atoms with Crippen molar-refractivity contribution in [1.82, 2.24) is 10.3 Å². The van der Waals surface area contributed by atoms with Crippen LogP contribution in [0.5, 0.6) is 0 Å². The average molecular weight is 274 g/mol. The third kappa shape index (κ3) is 3.41. The first-order valence-electron chi connectivity index (χ1n) is 6.73. The van der Waals surface area contributed by atoms with Crippen LogP contribution in [-0.4, -0.2) is 30.8 Å². The molecule has 0 unspecified atom stereocenters. The Morgan fingerprint density at radius 1 is 1.32 bits per heavy atom. The number of aromatic nitrogens is 1. The van der Waals surface area contributed by atoms with Crippen LogP contribution in [0.4, 0.5) is 0 Å². The Balaban J connectivity index is 1.53. The van der Waals surface area contributed by atoms with Gasteiger partial charge in [0.15, 0.2) is 0 Å². The zero-order valence-corrected chi connectivity index (χ0v) is 11.7. The summed E-state index contributed by atoms with van der Waals surface area (Å²) < 4.78 is 5.35. The highest BCUT2D eigenvalue weighted by molar-refractivity contribution is 7.09. The van der Waals surface area contributed by atoms with Gasteiger partial charge in [0.2, 0.25) is 0 Å². The standard InChI is InChI=1S/C15H18N2OS/c1-2-4-12(5-3-1)14-11-19-15(17-14)6-8-16-13-7-9-18-10-13/h1-5,11,13,16H,6-10H2/t13-/m1/s1. The van der Waals surface area contributed by atoms with Crippen LogP contribution in [0.3, 0.4) is 0 Å². The predicted molar refractivity (Wildman–Crippen MR) is 78.5 cm³/mol. The Hall–Kier alpha value is -1.23. The number of hydrogen-bond acceptors (Lipinski definition) is 4. The summed E-state index contributed by atoms with van der Waals surface area (Å²) in [5, 5.41) is 6.86. The predicted octanol–water partition coefficient (Wildman–Crippen LogP) is 2.73. The fourth-order valence-corrected chi connectivity index (χ4v) is 3.05. The molecule has 3 nitrogen and oxygen atoms in total. The quantitative estimate of drug-likeness (QED) is 0.910. The van der Waals surface area contributed by atoms with Gasteiger partial charge in [-0.1, -0.05) is 30.3 Å². The van der Waals surface area contributed by atoms with E-state index in [4.69, 9.17) is 9.72 Å². The van der Waals surface area contributed by atoms with Gasteiger partial charge in [-0.05, 0) is 6.42 Å². The third-order valence-corrected chi connectivity index (χ3v) is 4.23. The fraction of sp³-hybridized carbons (Fsp3) is 0.400. The smallest absolute Gasteiger partial charge is 0.0945 e. The summed E-state index contributed by atoms with van der Waals surface area (Å²) in [6.07, 6.45) is 2.13. The van der Waals surface area contributed by atoms with Crippen LogP contribution in [0.25, 0.3) is 11.3 Å². The molecule has 1 aliphatic rings. The van der Waals surface area contributed by atoms with Crippen LogP contribution in [0.1, 0.15) is 11.4 Å². The van der Waals surface area contributed by atoms with Crippen molar-refractivity contribution in [3.63, 3.8) is 0 Å². The molecule has 2 aromatic rings. The van der Waals surface area contributed by atoms with E-state index >= 15 is 0 Å². The van der Waals surface area contributed by atoms with E-state index < -0.39 is 0 Å². The van der Waals surface area contributed by atoms with Crippen molar-refractivity contribution >= 4 is 11.3 Å². The van der Waals surface area contributed by atoms with Gasteiger partial charge in [0.25, 0.3) is 0 Å². The van der Waals surface area contributed by atoms with Gasteiger partial charge >= 0.3 is 0 Å². The van der Waals surface area contributed by atoms with Crippen LogP contribution in [0.15, 0.2) is 35.7 Å². The molecule has 3 rings (SSSR count). The molecule has 1 fully saturated rings. The number of hydrogen-bond donors (Lipinski definition) is 1. The number of ether oxygens (including phenoxy) is 1. The van der Waals surface area contributed by atoms with Gasteiger partial charge in [-0.2, -0.15) is 0 Å². The molecule has 100 valence electrons. The van der Waals surface area contributed by atoms with Gasteiger partial charge in [-0.25, -0.2) is 4.98 Å². The molecule has 0 saturated carbocycles. The van der Waals surface area contributed by atoms with E-state index in [1.165, 1.54) is 10.6 Å². The lowest BCUT2D eigenvalue weighted by atomic mass is 10.2. The van der Waals surface area contributed by atoms with Gasteiger partial charge in [0, 0.05) is 36.6 Å². The van der Waals surface area contributed by atoms with E-state index in [0.717, 1.165) is 38.3 Å². The minimum atomic E-state index is 0.536. The van der Waals surface area contributed by atoms with Gasteiger partial charge in [0.05, 0.1) is 17.3 Å². The van der Waals surface area contributed by atoms with Crippen molar-refractivity contribution in [3.05, 3.63) is 40.7 Å². The summed E-state index contributed by atoms with van der Waals surface area (Å²) in [7, 11) is 0. The molecule has 1 atom stereocenters. The molecular weight excluding hydrogens is 256 g/mol. The summed E-state index contributed by atoms with van der Waals surface area (Å²) in [5.74, 6) is 0. The van der Waals surface area contributed by atoms with Gasteiger partial charge in [-0.3, -0.25) is 0 Å². The zero-order chi connectivity index (χ0) is 12.9. The Kier molecular flexibility index (Phi) is 4.23. The first kappa shape index (κ1) is 12.8. The summed E-state index contributed by atoms with van der Waals surface area (Å²) in [6.45, 7) is 2.73. The molecule has 19 heavy (non-hydrogen) atoms. The summed E-state index contributed by atoms with van der Waals surface area (Å²) in [4.78, 5) is 4.69. The topological polar surface area (TPSA) is 34.1 Å². The number of nitrogens with zero attached hydrogens (tertiary/aromatic N) is 1. The van der Waals surface area contributed by atoms with Crippen molar-refractivity contribution in [2.24, 2.45) is 0 Å². The Morgan fingerprint density at radius 2 is 2.21 bits per heavy atom. The highest BCUT2D eigenvalue weighted by Gasteiger charge is 2.14. The second-order valence-corrected chi connectivity index (χ2v) is 5.70. The maximum absolute atomic E-state index is 5.35. The molecule has 0 aliphatic carbocycles. The van der Waals surface area contributed by atoms with E-state index in [9.17, 15) is 0 Å². The highest BCUT2D eigenvalue weighted by Crippen LogP contribution is 2.21. The molecule has 1 aliphatic heterocycles. The van der Waals surface area contributed by atoms with E-state index in [2.05, 4.69) is 35.0 Å². The number of nitrogens with one attached hydrogen (secondary N) is 1. The number of rotatable bonds is 5. The van der Waals surface area contributed by atoms with Crippen molar-refractivity contribution < 1.29 is 4.74 Å². The van der Waals surface area contributed by atoms with Crippen LogP contribution in [-0.2, 0) is 11.2 Å². The number of thiazole rings is 1. The van der Waals surface area contributed by atoms with Gasteiger partial charge < -0.3 is 10.1 Å². The molecule has 1 N–H and O–H groups in total. The molecule has 4 heteroatoms. The monoisotopic (exact) mass is 274 g/mol. The van der Waals surface area contributed by atoms with E-state index in [0.29, 0.717) is 6.04 Å². The molecule has 1 saturated heterocycles. The number of benzene rings is 1. The van der Waals surface area contributed by atoms with E-state index in [1.807, 2.05) is 6.07 Å². The molecule has 1 aromatic carbocycles. The Bertz CT molecular complexity index is 506. The lowest BCUT2D eigenvalue weighted by Crippen LogP contribution is -2.30. The SMILES string of the molecule is c1ccc(-c2csc(CCN[C@@H]3CCOC3)n2)cc1. The lowest BCUT2D eigenvalue weighted by Gasteiger charge is -2.08. The first-order valence-corrected chi connectivity index (χ1v) is 7.61. The average Bonchev–Trinajstić information content (AvgIpc) is 3.11. The minimum absolute atomic E-state index is 0.536. The Labute approximate surface area is 117 Å². The highest BCUT2D eigenvalue weighted by atomic mass is 32.1. The molecule has 0 amide bonds. The maximum atomic E-state index is 5.35. The summed E-state index contributed by atoms with van der Waals surface area (Å²) in [5.41, 5.74) is 2.28. The molecule has 0 bridgehead atoms. The van der Waals surface area contributed by atoms with Crippen LogP contribution >= 0.6 is 11.3 Å². The molecule has 2 heterocycles. The summed E-state index contributed by atoms with van der Waals surface area (Å²) >= 11 is 1.74. The first-order chi connectivity index (χ1) is 9.42. The summed E-state index contributed by atoms with van der Waals surface area (Å²) in [6, 6.07) is 10.9. The van der Waals surface area contributed by atoms with Crippen molar-refractivity contribution in [2.45, 2.75) is 18.9 Å². The molecule has 1 aromatic heterocycles. The van der Waals surface area contributed by atoms with Gasteiger partial charge in [-0.15, -0.1) is 11.3 Å². The van der Waals surface area contributed by atoms with Crippen molar-refractivity contribution in [2.75, 3.05) is 19.8 Å². The minimum Gasteiger partial charge on any atom is -0.380 e. The Morgan fingerprint density at radius 3 is 3.00 bits per heavy atom. The second kappa shape index (κ2) is 6.28. The van der Waals surface area contributed by atoms with Gasteiger partial charge in [0.1, 0.15) is 0 Å². The fourth-order valence-electron chi connectivity index (χ4n) is 2.25. The largest absolute Gasteiger partial charge is 0.380 e. The normalized spacial score (nSPS) is 18.8. The van der Waals surface area contributed by atoms with E-state index in [1.54, 1.807) is 11.3 Å². The maximum Gasteiger partial charge on any atom is 0.0945 e. The lowest BCUT2D eigenvalue weighted by molar-refractivity contribution is 0.190. The van der Waals surface area contributed by atoms with Crippen LogP contribution in [0, 0.1) is 0 Å². The van der Waals surface area contributed by atoms with Crippen LogP contribution in [0.2, 0.25) is 0 Å². The molecule has 0 radical (unpaired) electrons. The second-order valence-electron chi connectivity index (χ2n) is 4.76. The van der Waals surface area contributed by atoms with Crippen molar-refractivity contribution in [3.8, 4) is 11.3 Å². The van der Waals surface area contributed by atoms with Crippen molar-refractivity contribution in [1.29, 1.82) is 0 Å². The zero-order valence-electron chi connectivity index (χ0n) is 10.8. The molecular formula is C15H18N2OS.